The molecule has 0 radical (unpaired) electrons. The smallest absolute Gasteiger partial charge is 0.329 e. The minimum atomic E-state index is -1.06. The highest BCUT2D eigenvalue weighted by Gasteiger charge is 2.30. The predicted molar refractivity (Wildman–Crippen MR) is 76.8 cm³/mol. The van der Waals surface area contributed by atoms with E-state index in [1.165, 1.54) is 19.1 Å². The van der Waals surface area contributed by atoms with Crippen LogP contribution in [0.4, 0.5) is 10.1 Å². The Hall–Kier alpha value is -2.15. The summed E-state index contributed by atoms with van der Waals surface area (Å²) in [6, 6.07) is 2.98. The van der Waals surface area contributed by atoms with Crippen LogP contribution in [0.25, 0.3) is 0 Å². The number of benzene rings is 1. The third-order valence-corrected chi connectivity index (χ3v) is 3.42. The first-order chi connectivity index (χ1) is 10.4. The first-order valence-electron chi connectivity index (χ1n) is 6.62. The van der Waals surface area contributed by atoms with Crippen LogP contribution >= 0.6 is 11.6 Å². The lowest BCUT2D eigenvalue weighted by atomic mass is 10.2. The molecule has 2 atom stereocenters. The summed E-state index contributed by atoms with van der Waals surface area (Å²) in [7, 11) is 0. The zero-order valence-corrected chi connectivity index (χ0v) is 12.4. The lowest BCUT2D eigenvalue weighted by molar-refractivity contribution is -0.155. The topological polar surface area (TPSA) is 84.5 Å². The monoisotopic (exact) mass is 328 g/mol. The van der Waals surface area contributed by atoms with Gasteiger partial charge in [-0.25, -0.2) is 9.18 Å². The van der Waals surface area contributed by atoms with Crippen molar-refractivity contribution in [1.29, 1.82) is 0 Å². The van der Waals surface area contributed by atoms with Gasteiger partial charge in [0.05, 0.1) is 5.02 Å². The molecule has 1 aromatic rings. The number of nitrogens with one attached hydrogen (secondary N) is 2. The fraction of sp³-hybridized carbons (Fsp3) is 0.357. The Morgan fingerprint density at radius 1 is 1.50 bits per heavy atom. The van der Waals surface area contributed by atoms with Crippen molar-refractivity contribution in [2.24, 2.45) is 0 Å². The SMILES string of the molecule is C[C@H](OC(=O)[C@@H]1CCC(=O)N1)C(=O)Nc1ccc(F)c(Cl)c1. The zero-order chi connectivity index (χ0) is 16.3. The Labute approximate surface area is 131 Å². The van der Waals surface area contributed by atoms with Gasteiger partial charge in [-0.2, -0.15) is 0 Å². The standard InChI is InChI=1S/C14H14ClFN2O4/c1-7(22-14(21)11-4-5-12(19)18-11)13(20)17-8-2-3-10(16)9(15)6-8/h2-3,6-7,11H,4-5H2,1H3,(H,17,20)(H,18,19)/t7-,11-/m0/s1. The number of hydrogen-bond donors (Lipinski definition) is 2. The van der Waals surface area contributed by atoms with E-state index in [9.17, 15) is 18.8 Å². The summed E-state index contributed by atoms with van der Waals surface area (Å²) < 4.78 is 18.0. The molecule has 0 aliphatic carbocycles. The molecular formula is C14H14ClFN2O4. The number of amides is 2. The molecule has 1 aliphatic heterocycles. The molecule has 0 spiro atoms. The van der Waals surface area contributed by atoms with Crippen LogP contribution in [-0.2, 0) is 19.1 Å². The van der Waals surface area contributed by atoms with Crippen LogP contribution < -0.4 is 10.6 Å². The van der Waals surface area contributed by atoms with Gasteiger partial charge in [-0.1, -0.05) is 11.6 Å². The van der Waals surface area contributed by atoms with Gasteiger partial charge in [0.25, 0.3) is 5.91 Å². The van der Waals surface area contributed by atoms with Gasteiger partial charge < -0.3 is 15.4 Å². The third-order valence-electron chi connectivity index (χ3n) is 3.13. The Morgan fingerprint density at radius 3 is 2.82 bits per heavy atom. The molecule has 6 nitrogen and oxygen atoms in total. The Bertz CT molecular complexity index is 623. The summed E-state index contributed by atoms with van der Waals surface area (Å²) in [5.41, 5.74) is 0.286. The van der Waals surface area contributed by atoms with Gasteiger partial charge in [0.2, 0.25) is 5.91 Å². The second-order valence-electron chi connectivity index (χ2n) is 4.86. The van der Waals surface area contributed by atoms with Crippen molar-refractivity contribution in [3.05, 3.63) is 29.0 Å². The van der Waals surface area contributed by atoms with E-state index in [1.807, 2.05) is 0 Å². The van der Waals surface area contributed by atoms with Crippen molar-refractivity contribution in [1.82, 2.24) is 5.32 Å². The van der Waals surface area contributed by atoms with Crippen LogP contribution in [0.5, 0.6) is 0 Å². The van der Waals surface area contributed by atoms with Gasteiger partial charge in [0.1, 0.15) is 11.9 Å². The summed E-state index contributed by atoms with van der Waals surface area (Å²) in [6.45, 7) is 1.40. The molecular weight excluding hydrogens is 315 g/mol. The maximum absolute atomic E-state index is 13.0. The number of halogens is 2. The second-order valence-corrected chi connectivity index (χ2v) is 5.26. The molecule has 118 valence electrons. The van der Waals surface area contributed by atoms with Gasteiger partial charge in [-0.05, 0) is 31.5 Å². The first-order valence-corrected chi connectivity index (χ1v) is 7.00. The Morgan fingerprint density at radius 2 is 2.23 bits per heavy atom. The highest BCUT2D eigenvalue weighted by molar-refractivity contribution is 6.31. The molecule has 1 aromatic carbocycles. The summed E-state index contributed by atoms with van der Waals surface area (Å²) in [5.74, 6) is -2.07. The molecule has 1 saturated heterocycles. The van der Waals surface area contributed by atoms with Crippen LogP contribution in [0.3, 0.4) is 0 Å². The van der Waals surface area contributed by atoms with Crippen molar-refractivity contribution < 1.29 is 23.5 Å². The second kappa shape index (κ2) is 6.74. The third kappa shape index (κ3) is 3.94. The molecule has 22 heavy (non-hydrogen) atoms. The maximum atomic E-state index is 13.0. The van der Waals surface area contributed by atoms with E-state index >= 15 is 0 Å². The molecule has 2 rings (SSSR count). The van der Waals surface area contributed by atoms with E-state index in [-0.39, 0.29) is 23.0 Å². The first kappa shape index (κ1) is 16.2. The lowest BCUT2D eigenvalue weighted by Crippen LogP contribution is -2.39. The zero-order valence-electron chi connectivity index (χ0n) is 11.7. The van der Waals surface area contributed by atoms with E-state index in [2.05, 4.69) is 10.6 Å². The van der Waals surface area contributed by atoms with Crippen molar-refractivity contribution in [2.45, 2.75) is 31.9 Å². The molecule has 0 saturated carbocycles. The average molecular weight is 329 g/mol. The van der Waals surface area contributed by atoms with E-state index < -0.39 is 29.8 Å². The molecule has 2 amide bonds. The average Bonchev–Trinajstić information content (AvgIpc) is 2.89. The number of hydrogen-bond acceptors (Lipinski definition) is 4. The largest absolute Gasteiger partial charge is 0.451 e. The van der Waals surface area contributed by atoms with Gasteiger partial charge in [-0.15, -0.1) is 0 Å². The summed E-state index contributed by atoms with van der Waals surface area (Å²) >= 11 is 5.61. The Kier molecular flexibility index (Phi) is 4.97. The molecule has 0 aromatic heterocycles. The van der Waals surface area contributed by atoms with Crippen LogP contribution in [0.15, 0.2) is 18.2 Å². The van der Waals surface area contributed by atoms with E-state index in [0.717, 1.165) is 6.07 Å². The number of carbonyl (C=O) groups is 3. The minimum Gasteiger partial charge on any atom is -0.451 e. The number of rotatable bonds is 4. The van der Waals surface area contributed by atoms with Gasteiger partial charge in [0, 0.05) is 12.1 Å². The van der Waals surface area contributed by atoms with Gasteiger partial charge in [0.15, 0.2) is 6.10 Å². The van der Waals surface area contributed by atoms with Crippen LogP contribution in [0.1, 0.15) is 19.8 Å². The maximum Gasteiger partial charge on any atom is 0.329 e. The predicted octanol–water partition coefficient (Wildman–Crippen LogP) is 1.63. The van der Waals surface area contributed by atoms with Crippen molar-refractivity contribution >= 4 is 35.1 Å². The van der Waals surface area contributed by atoms with E-state index in [4.69, 9.17) is 16.3 Å². The van der Waals surface area contributed by atoms with E-state index in [0.29, 0.717) is 6.42 Å². The molecule has 0 bridgehead atoms. The van der Waals surface area contributed by atoms with E-state index in [1.54, 1.807) is 0 Å². The normalized spacial score (nSPS) is 18.5. The summed E-state index contributed by atoms with van der Waals surface area (Å²) in [4.78, 5) is 34.7. The molecule has 0 unspecified atom stereocenters. The molecule has 2 N–H and O–H groups in total. The van der Waals surface area contributed by atoms with Crippen molar-refractivity contribution in [3.8, 4) is 0 Å². The molecule has 1 heterocycles. The minimum absolute atomic E-state index is 0.129. The molecule has 1 aliphatic rings. The molecule has 8 heteroatoms. The van der Waals surface area contributed by atoms with Crippen molar-refractivity contribution in [3.63, 3.8) is 0 Å². The highest BCUT2D eigenvalue weighted by atomic mass is 35.5. The van der Waals surface area contributed by atoms with Gasteiger partial charge in [-0.3, -0.25) is 9.59 Å². The van der Waals surface area contributed by atoms with Crippen LogP contribution in [0, 0.1) is 5.82 Å². The highest BCUT2D eigenvalue weighted by Crippen LogP contribution is 2.19. The fourth-order valence-electron chi connectivity index (χ4n) is 1.92. The number of ether oxygens (including phenoxy) is 1. The van der Waals surface area contributed by atoms with Gasteiger partial charge >= 0.3 is 5.97 Å². The number of esters is 1. The molecule has 1 fully saturated rings. The van der Waals surface area contributed by atoms with Crippen LogP contribution in [-0.4, -0.2) is 29.9 Å². The quantitative estimate of drug-likeness (QED) is 0.823. The Balaban J connectivity index is 1.90. The van der Waals surface area contributed by atoms with Crippen molar-refractivity contribution in [2.75, 3.05) is 5.32 Å². The number of carbonyl (C=O) groups excluding carboxylic acids is 3. The lowest BCUT2D eigenvalue weighted by Gasteiger charge is -2.16. The fourth-order valence-corrected chi connectivity index (χ4v) is 2.10. The van der Waals surface area contributed by atoms with Crippen LogP contribution in [0.2, 0.25) is 5.02 Å². The summed E-state index contributed by atoms with van der Waals surface area (Å²) in [5, 5.41) is 4.79. The number of anilines is 1. The summed E-state index contributed by atoms with van der Waals surface area (Å²) in [6.07, 6.45) is -0.456.